The summed E-state index contributed by atoms with van der Waals surface area (Å²) in [5.41, 5.74) is 1.16. The van der Waals surface area contributed by atoms with E-state index in [1.54, 1.807) is 0 Å². The van der Waals surface area contributed by atoms with E-state index in [0.29, 0.717) is 24.8 Å². The van der Waals surface area contributed by atoms with Gasteiger partial charge in [0.25, 0.3) is 0 Å². The molecular formula is C25H38N2O2. The van der Waals surface area contributed by atoms with Gasteiger partial charge in [0.2, 0.25) is 0 Å². The summed E-state index contributed by atoms with van der Waals surface area (Å²) in [5, 5.41) is 17.3. The molecule has 0 unspecified atom stereocenters. The summed E-state index contributed by atoms with van der Waals surface area (Å²) in [5.74, 6) is 1.80. The lowest BCUT2D eigenvalue weighted by molar-refractivity contribution is 0.122. The number of rotatable bonds is 12. The minimum atomic E-state index is -0.562. The summed E-state index contributed by atoms with van der Waals surface area (Å²) < 4.78 is 5.75. The van der Waals surface area contributed by atoms with Crippen LogP contribution in [0.15, 0.2) is 73.1 Å². The Labute approximate surface area is 177 Å². The van der Waals surface area contributed by atoms with Gasteiger partial charge in [-0.25, -0.2) is 0 Å². The van der Waals surface area contributed by atoms with E-state index in [2.05, 4.69) is 43.2 Å². The third-order valence-electron chi connectivity index (χ3n) is 4.35. The number of aliphatic hydroxyl groups is 1. The van der Waals surface area contributed by atoms with Crippen LogP contribution in [-0.4, -0.2) is 30.3 Å². The molecule has 0 aliphatic carbocycles. The van der Waals surface area contributed by atoms with Gasteiger partial charge in [0.15, 0.2) is 5.88 Å². The van der Waals surface area contributed by atoms with Crippen molar-refractivity contribution in [3.63, 3.8) is 0 Å². The first kappa shape index (κ1) is 24.7. The van der Waals surface area contributed by atoms with Gasteiger partial charge < -0.3 is 20.5 Å². The first-order valence-electron chi connectivity index (χ1n) is 10.7. The SMILES string of the molecule is C=C(N[C@@H](Cc1ccccc1)[C@H](O)CNCCC(C)C)Oc1ccccc1.CC. The summed E-state index contributed by atoms with van der Waals surface area (Å²) in [7, 11) is 0. The van der Waals surface area contributed by atoms with Gasteiger partial charge in [0.1, 0.15) is 5.75 Å². The molecule has 0 saturated carbocycles. The van der Waals surface area contributed by atoms with E-state index in [1.165, 1.54) is 0 Å². The molecule has 0 amide bonds. The van der Waals surface area contributed by atoms with Crippen molar-refractivity contribution in [1.82, 2.24) is 10.6 Å². The van der Waals surface area contributed by atoms with Crippen LogP contribution >= 0.6 is 0 Å². The average molecular weight is 399 g/mol. The van der Waals surface area contributed by atoms with Gasteiger partial charge in [-0.15, -0.1) is 0 Å². The third kappa shape index (κ3) is 10.7. The maximum Gasteiger partial charge on any atom is 0.186 e. The molecule has 3 N–H and O–H groups in total. The summed E-state index contributed by atoms with van der Waals surface area (Å²) in [4.78, 5) is 0. The second-order valence-corrected chi connectivity index (χ2v) is 7.23. The molecule has 2 aromatic rings. The fourth-order valence-electron chi connectivity index (χ4n) is 2.80. The topological polar surface area (TPSA) is 53.5 Å². The molecule has 0 radical (unpaired) electrons. The van der Waals surface area contributed by atoms with Crippen LogP contribution in [0.4, 0.5) is 0 Å². The van der Waals surface area contributed by atoms with E-state index >= 15 is 0 Å². The Hall–Kier alpha value is -2.30. The number of ether oxygens (including phenoxy) is 1. The van der Waals surface area contributed by atoms with Gasteiger partial charge in [-0.05, 0) is 49.6 Å². The van der Waals surface area contributed by atoms with Crippen LogP contribution in [0, 0.1) is 5.92 Å². The maximum absolute atomic E-state index is 10.7. The van der Waals surface area contributed by atoms with Crippen molar-refractivity contribution in [3.8, 4) is 5.75 Å². The summed E-state index contributed by atoms with van der Waals surface area (Å²) >= 11 is 0. The Morgan fingerprint density at radius 2 is 1.59 bits per heavy atom. The number of aliphatic hydroxyl groups excluding tert-OH is 1. The van der Waals surface area contributed by atoms with E-state index < -0.39 is 6.10 Å². The molecule has 0 heterocycles. The van der Waals surface area contributed by atoms with Gasteiger partial charge in [-0.1, -0.05) is 76.2 Å². The Morgan fingerprint density at radius 1 is 1.00 bits per heavy atom. The summed E-state index contributed by atoms with van der Waals surface area (Å²) in [6.07, 6.45) is 1.21. The molecular weight excluding hydrogens is 360 g/mol. The predicted octanol–water partition coefficient (Wildman–Crippen LogP) is 4.76. The normalized spacial score (nSPS) is 12.5. The second-order valence-electron chi connectivity index (χ2n) is 7.23. The predicted molar refractivity (Wildman–Crippen MR) is 123 cm³/mol. The molecule has 4 heteroatoms. The molecule has 29 heavy (non-hydrogen) atoms. The lowest BCUT2D eigenvalue weighted by Gasteiger charge is -2.26. The fourth-order valence-corrected chi connectivity index (χ4v) is 2.80. The molecule has 0 bridgehead atoms. The smallest absolute Gasteiger partial charge is 0.186 e. The van der Waals surface area contributed by atoms with Crippen LogP contribution in [0.25, 0.3) is 0 Å². The summed E-state index contributed by atoms with van der Waals surface area (Å²) in [6, 6.07) is 19.5. The van der Waals surface area contributed by atoms with Crippen molar-refractivity contribution in [2.75, 3.05) is 13.1 Å². The third-order valence-corrected chi connectivity index (χ3v) is 4.35. The van der Waals surface area contributed by atoms with Gasteiger partial charge in [-0.3, -0.25) is 0 Å². The minimum Gasteiger partial charge on any atom is -0.442 e. The van der Waals surface area contributed by atoms with Crippen molar-refractivity contribution in [2.45, 2.75) is 52.7 Å². The molecule has 2 aromatic carbocycles. The quantitative estimate of drug-likeness (QED) is 0.356. The van der Waals surface area contributed by atoms with E-state index in [9.17, 15) is 5.11 Å². The van der Waals surface area contributed by atoms with Crippen molar-refractivity contribution in [2.24, 2.45) is 5.92 Å². The Morgan fingerprint density at radius 3 is 2.17 bits per heavy atom. The number of nitrogens with one attached hydrogen (secondary N) is 2. The Bertz CT molecular complexity index is 659. The zero-order valence-electron chi connectivity index (χ0n) is 18.4. The standard InChI is InChI=1S/C23H32N2O2.C2H6/c1-18(2)14-15-24-17-23(26)22(16-20-10-6-4-7-11-20)25-19(3)27-21-12-8-5-9-13-21;1-2/h4-13,18,22-26H,3,14-17H2,1-2H3;1-2H3/t22-,23+;/m0./s1. The molecule has 0 aromatic heterocycles. The fraction of sp³-hybridized carbons (Fsp3) is 0.440. The Kier molecular flexibility index (Phi) is 12.5. The molecule has 2 rings (SSSR count). The highest BCUT2D eigenvalue weighted by Crippen LogP contribution is 2.13. The van der Waals surface area contributed by atoms with Crippen molar-refractivity contribution >= 4 is 0 Å². The number of benzene rings is 2. The first-order valence-corrected chi connectivity index (χ1v) is 10.7. The van der Waals surface area contributed by atoms with Crippen LogP contribution in [0.3, 0.4) is 0 Å². The molecule has 0 fully saturated rings. The van der Waals surface area contributed by atoms with E-state index in [-0.39, 0.29) is 6.04 Å². The molecule has 2 atom stereocenters. The van der Waals surface area contributed by atoms with E-state index in [4.69, 9.17) is 4.74 Å². The van der Waals surface area contributed by atoms with E-state index in [0.717, 1.165) is 24.3 Å². The molecule has 0 saturated heterocycles. The van der Waals surface area contributed by atoms with Crippen molar-refractivity contribution in [3.05, 3.63) is 78.7 Å². The largest absolute Gasteiger partial charge is 0.442 e. The van der Waals surface area contributed by atoms with Crippen LogP contribution in [0.1, 0.15) is 39.7 Å². The number of hydrogen-bond donors (Lipinski definition) is 3. The zero-order valence-corrected chi connectivity index (χ0v) is 18.4. The molecule has 4 nitrogen and oxygen atoms in total. The minimum absolute atomic E-state index is 0.199. The lowest BCUT2D eigenvalue weighted by Crippen LogP contribution is -2.46. The van der Waals surface area contributed by atoms with Crippen LogP contribution in [0.5, 0.6) is 5.75 Å². The van der Waals surface area contributed by atoms with Crippen LogP contribution in [-0.2, 0) is 6.42 Å². The number of hydrogen-bond acceptors (Lipinski definition) is 4. The molecule has 160 valence electrons. The lowest BCUT2D eigenvalue weighted by atomic mass is 10.0. The highest BCUT2D eigenvalue weighted by atomic mass is 16.5. The highest BCUT2D eigenvalue weighted by molar-refractivity contribution is 5.23. The monoisotopic (exact) mass is 398 g/mol. The van der Waals surface area contributed by atoms with Gasteiger partial charge in [-0.2, -0.15) is 0 Å². The summed E-state index contributed by atoms with van der Waals surface area (Å²) in [6.45, 7) is 13.8. The van der Waals surface area contributed by atoms with Gasteiger partial charge in [0.05, 0.1) is 12.1 Å². The molecule has 0 aliphatic rings. The van der Waals surface area contributed by atoms with Crippen molar-refractivity contribution < 1.29 is 9.84 Å². The molecule has 0 spiro atoms. The average Bonchev–Trinajstić information content (AvgIpc) is 2.73. The number of para-hydroxylation sites is 1. The highest BCUT2D eigenvalue weighted by Gasteiger charge is 2.20. The first-order chi connectivity index (χ1) is 14.0. The maximum atomic E-state index is 10.7. The molecule has 0 aliphatic heterocycles. The van der Waals surface area contributed by atoms with Gasteiger partial charge in [0, 0.05) is 6.54 Å². The van der Waals surface area contributed by atoms with Crippen molar-refractivity contribution in [1.29, 1.82) is 0 Å². The second kappa shape index (κ2) is 14.7. The van der Waals surface area contributed by atoms with Crippen LogP contribution < -0.4 is 15.4 Å². The Balaban J connectivity index is 0.00000204. The van der Waals surface area contributed by atoms with Gasteiger partial charge >= 0.3 is 0 Å². The zero-order chi connectivity index (χ0) is 21.5. The van der Waals surface area contributed by atoms with Crippen LogP contribution in [0.2, 0.25) is 0 Å². The van der Waals surface area contributed by atoms with E-state index in [1.807, 2.05) is 62.4 Å².